The van der Waals surface area contributed by atoms with Crippen LogP contribution in [0.15, 0.2) is 12.4 Å². The van der Waals surface area contributed by atoms with Crippen LogP contribution in [0.1, 0.15) is 18.8 Å². The number of nitrogens with one attached hydrogen (secondary N) is 1. The van der Waals surface area contributed by atoms with E-state index in [4.69, 9.17) is 0 Å². The Kier molecular flexibility index (Phi) is 4.10. The molecule has 0 radical (unpaired) electrons. The third kappa shape index (κ3) is 2.56. The summed E-state index contributed by atoms with van der Waals surface area (Å²) in [5.74, 6) is 1.11. The number of imidazole rings is 1. The smallest absolute Gasteiger partial charge is 0.127 e. The van der Waals surface area contributed by atoms with Gasteiger partial charge in [-0.3, -0.25) is 0 Å². The van der Waals surface area contributed by atoms with E-state index in [9.17, 15) is 0 Å². The highest BCUT2D eigenvalue weighted by Gasteiger charge is 2.14. The molecule has 0 bridgehead atoms. The van der Waals surface area contributed by atoms with Crippen LogP contribution in [0.5, 0.6) is 0 Å². The van der Waals surface area contributed by atoms with Gasteiger partial charge < -0.3 is 14.8 Å². The van der Waals surface area contributed by atoms with Gasteiger partial charge in [-0.15, -0.1) is 0 Å². The number of nitrogens with zero attached hydrogens (tertiary/aromatic N) is 3. The minimum absolute atomic E-state index is 0.306. The second-order valence-corrected chi connectivity index (χ2v) is 3.67. The van der Waals surface area contributed by atoms with E-state index in [1.165, 1.54) is 0 Å². The molecule has 1 aromatic heterocycles. The van der Waals surface area contributed by atoms with E-state index in [0.717, 1.165) is 18.9 Å². The van der Waals surface area contributed by atoms with Crippen molar-refractivity contribution in [1.29, 1.82) is 0 Å². The fourth-order valence-corrected chi connectivity index (χ4v) is 1.57. The summed E-state index contributed by atoms with van der Waals surface area (Å²) in [4.78, 5) is 6.55. The van der Waals surface area contributed by atoms with Crippen LogP contribution in [0.4, 0.5) is 0 Å². The van der Waals surface area contributed by atoms with Crippen LogP contribution < -0.4 is 5.32 Å². The molecule has 0 spiro atoms. The van der Waals surface area contributed by atoms with Gasteiger partial charge in [-0.25, -0.2) is 4.98 Å². The summed E-state index contributed by atoms with van der Waals surface area (Å²) < 4.78 is 2.17. The standard InChI is InChI=1S/C10H20N4/c1-5-14-7-6-12-10(14)9(11-2)8-13(3)4/h6-7,9,11H,5,8H2,1-4H3. The molecule has 0 amide bonds. The average Bonchev–Trinajstić information content (AvgIpc) is 2.61. The molecule has 0 aliphatic carbocycles. The Bertz CT molecular complexity index is 267. The Labute approximate surface area is 85.9 Å². The lowest BCUT2D eigenvalue weighted by atomic mass is 10.2. The number of likely N-dealkylation sites (N-methyl/N-ethyl adjacent to an activating group) is 2. The SMILES string of the molecule is CCn1ccnc1C(CN(C)C)NC. The van der Waals surface area contributed by atoms with Crippen LogP contribution >= 0.6 is 0 Å². The topological polar surface area (TPSA) is 33.1 Å². The quantitative estimate of drug-likeness (QED) is 0.753. The van der Waals surface area contributed by atoms with Crippen molar-refractivity contribution in [1.82, 2.24) is 19.8 Å². The Morgan fingerprint density at radius 2 is 2.29 bits per heavy atom. The molecule has 1 rings (SSSR count). The first-order chi connectivity index (χ1) is 6.69. The maximum atomic E-state index is 4.39. The molecule has 0 aromatic carbocycles. The van der Waals surface area contributed by atoms with Crippen LogP contribution in [0.2, 0.25) is 0 Å². The highest BCUT2D eigenvalue weighted by molar-refractivity contribution is 4.99. The molecule has 0 aliphatic rings. The molecule has 0 fully saturated rings. The summed E-state index contributed by atoms with van der Waals surface area (Å²) in [5, 5.41) is 3.29. The molecule has 14 heavy (non-hydrogen) atoms. The van der Waals surface area contributed by atoms with Crippen LogP contribution in [0, 0.1) is 0 Å². The third-order valence-electron chi connectivity index (χ3n) is 2.30. The zero-order chi connectivity index (χ0) is 10.6. The van der Waals surface area contributed by atoms with Crippen molar-refractivity contribution in [3.63, 3.8) is 0 Å². The molecular weight excluding hydrogens is 176 g/mol. The molecule has 0 saturated heterocycles. The van der Waals surface area contributed by atoms with Gasteiger partial charge in [-0.05, 0) is 28.1 Å². The largest absolute Gasteiger partial charge is 0.334 e. The zero-order valence-corrected chi connectivity index (χ0v) is 9.49. The summed E-state index contributed by atoms with van der Waals surface area (Å²) in [6, 6.07) is 0.306. The fourth-order valence-electron chi connectivity index (χ4n) is 1.57. The average molecular weight is 196 g/mol. The van der Waals surface area contributed by atoms with Gasteiger partial charge in [0, 0.05) is 25.5 Å². The van der Waals surface area contributed by atoms with Crippen molar-refractivity contribution >= 4 is 0 Å². The minimum atomic E-state index is 0.306. The number of hydrogen-bond acceptors (Lipinski definition) is 3. The van der Waals surface area contributed by atoms with Crippen LogP contribution in [-0.2, 0) is 6.54 Å². The van der Waals surface area contributed by atoms with E-state index < -0.39 is 0 Å². The van der Waals surface area contributed by atoms with Gasteiger partial charge in [-0.1, -0.05) is 0 Å². The lowest BCUT2D eigenvalue weighted by Crippen LogP contribution is -2.31. The molecule has 4 heteroatoms. The lowest BCUT2D eigenvalue weighted by molar-refractivity contribution is 0.339. The highest BCUT2D eigenvalue weighted by atomic mass is 15.1. The predicted octanol–water partition coefficient (Wildman–Crippen LogP) is 0.725. The summed E-state index contributed by atoms with van der Waals surface area (Å²) in [5.41, 5.74) is 0. The van der Waals surface area contributed by atoms with E-state index in [2.05, 4.69) is 40.8 Å². The molecular formula is C10H20N4. The first-order valence-electron chi connectivity index (χ1n) is 5.02. The van der Waals surface area contributed by atoms with E-state index in [1.54, 1.807) is 0 Å². The zero-order valence-electron chi connectivity index (χ0n) is 9.49. The third-order valence-corrected chi connectivity index (χ3v) is 2.30. The Hall–Kier alpha value is -0.870. The first kappa shape index (κ1) is 11.2. The normalized spacial score (nSPS) is 13.5. The molecule has 0 saturated carbocycles. The van der Waals surface area contributed by atoms with Crippen molar-refractivity contribution in [2.45, 2.75) is 19.5 Å². The summed E-state index contributed by atoms with van der Waals surface area (Å²) >= 11 is 0. The van der Waals surface area contributed by atoms with Gasteiger partial charge in [0.2, 0.25) is 0 Å². The Balaban J connectivity index is 2.77. The van der Waals surface area contributed by atoms with E-state index in [1.807, 2.05) is 19.4 Å². The molecule has 80 valence electrons. The molecule has 4 nitrogen and oxygen atoms in total. The maximum Gasteiger partial charge on any atom is 0.127 e. The van der Waals surface area contributed by atoms with Gasteiger partial charge >= 0.3 is 0 Å². The number of aromatic nitrogens is 2. The highest BCUT2D eigenvalue weighted by Crippen LogP contribution is 2.10. The monoisotopic (exact) mass is 196 g/mol. The second-order valence-electron chi connectivity index (χ2n) is 3.67. The second kappa shape index (κ2) is 5.12. The molecule has 0 aliphatic heterocycles. The van der Waals surface area contributed by atoms with Gasteiger partial charge in [0.15, 0.2) is 0 Å². The maximum absolute atomic E-state index is 4.39. The number of hydrogen-bond donors (Lipinski definition) is 1. The fraction of sp³-hybridized carbons (Fsp3) is 0.700. The van der Waals surface area contributed by atoms with E-state index in [-0.39, 0.29) is 0 Å². The van der Waals surface area contributed by atoms with Gasteiger partial charge in [0.1, 0.15) is 5.82 Å². The van der Waals surface area contributed by atoms with Crippen molar-refractivity contribution < 1.29 is 0 Å². The predicted molar refractivity (Wildman–Crippen MR) is 58.3 cm³/mol. The van der Waals surface area contributed by atoms with Crippen molar-refractivity contribution in [3.05, 3.63) is 18.2 Å². The van der Waals surface area contributed by atoms with E-state index >= 15 is 0 Å². The molecule has 1 atom stereocenters. The Morgan fingerprint density at radius 3 is 2.79 bits per heavy atom. The number of aryl methyl sites for hydroxylation is 1. The van der Waals surface area contributed by atoms with Crippen LogP contribution in [0.3, 0.4) is 0 Å². The van der Waals surface area contributed by atoms with Crippen molar-refractivity contribution in [2.75, 3.05) is 27.7 Å². The summed E-state index contributed by atoms with van der Waals surface area (Å²) in [6.45, 7) is 4.07. The molecule has 1 heterocycles. The van der Waals surface area contributed by atoms with Crippen LogP contribution in [0.25, 0.3) is 0 Å². The molecule has 1 unspecified atom stereocenters. The van der Waals surface area contributed by atoms with Gasteiger partial charge in [0.05, 0.1) is 6.04 Å². The first-order valence-corrected chi connectivity index (χ1v) is 5.02. The molecule has 1 aromatic rings. The van der Waals surface area contributed by atoms with E-state index in [0.29, 0.717) is 6.04 Å². The summed E-state index contributed by atoms with van der Waals surface area (Å²) in [7, 11) is 6.12. The van der Waals surface area contributed by atoms with Crippen LogP contribution in [-0.4, -0.2) is 42.1 Å². The van der Waals surface area contributed by atoms with Gasteiger partial charge in [0.25, 0.3) is 0 Å². The summed E-state index contributed by atoms with van der Waals surface area (Å²) in [6.07, 6.45) is 3.88. The minimum Gasteiger partial charge on any atom is -0.334 e. The molecule has 1 N–H and O–H groups in total. The lowest BCUT2D eigenvalue weighted by Gasteiger charge is -2.20. The number of rotatable bonds is 5. The van der Waals surface area contributed by atoms with Gasteiger partial charge in [-0.2, -0.15) is 0 Å². The van der Waals surface area contributed by atoms with Crippen molar-refractivity contribution in [3.8, 4) is 0 Å². The Morgan fingerprint density at radius 1 is 1.57 bits per heavy atom. The van der Waals surface area contributed by atoms with Crippen molar-refractivity contribution in [2.24, 2.45) is 0 Å².